The van der Waals surface area contributed by atoms with Gasteiger partial charge < -0.3 is 10.6 Å². The normalized spacial score (nSPS) is 10.3. The molecule has 1 heterocycles. The quantitative estimate of drug-likeness (QED) is 0.890. The Hall–Kier alpha value is -2.50. The Morgan fingerprint density at radius 3 is 2.77 bits per heavy atom. The van der Waals surface area contributed by atoms with Gasteiger partial charge in [0.2, 0.25) is 0 Å². The van der Waals surface area contributed by atoms with E-state index >= 15 is 0 Å². The Bertz CT molecular complexity index is 660. The van der Waals surface area contributed by atoms with Crippen molar-refractivity contribution in [1.29, 1.82) is 0 Å². The van der Waals surface area contributed by atoms with Crippen LogP contribution in [0, 0.1) is 19.7 Å². The number of nitrogens with one attached hydrogen (secondary N) is 2. The van der Waals surface area contributed by atoms with Gasteiger partial charge in [0, 0.05) is 12.7 Å². The average molecular weight is 302 g/mol. The zero-order chi connectivity index (χ0) is 15.9. The van der Waals surface area contributed by atoms with Crippen LogP contribution >= 0.6 is 0 Å². The van der Waals surface area contributed by atoms with E-state index in [4.69, 9.17) is 0 Å². The number of aromatic nitrogens is 2. The van der Waals surface area contributed by atoms with Crippen LogP contribution in [0.2, 0.25) is 0 Å². The maximum absolute atomic E-state index is 13.0. The molecule has 116 valence electrons. The lowest BCUT2D eigenvalue weighted by molar-refractivity contribution is 0.240. The van der Waals surface area contributed by atoms with Crippen LogP contribution in [0.1, 0.15) is 22.6 Å². The van der Waals surface area contributed by atoms with Gasteiger partial charge in [-0.15, -0.1) is 0 Å². The van der Waals surface area contributed by atoms with Crippen LogP contribution in [0.5, 0.6) is 0 Å². The minimum atomic E-state index is -0.254. The Morgan fingerprint density at radius 1 is 1.23 bits per heavy atom. The number of halogens is 1. The van der Waals surface area contributed by atoms with Gasteiger partial charge in [-0.3, -0.25) is 0 Å². The molecule has 0 bridgehead atoms. The summed E-state index contributed by atoms with van der Waals surface area (Å²) >= 11 is 0. The molecule has 0 unspecified atom stereocenters. The molecule has 0 aliphatic rings. The zero-order valence-electron chi connectivity index (χ0n) is 12.7. The van der Waals surface area contributed by atoms with Crippen molar-refractivity contribution in [2.24, 2.45) is 0 Å². The van der Waals surface area contributed by atoms with Gasteiger partial charge in [0.25, 0.3) is 0 Å². The standard InChI is InChI=1S/C16H19FN4O/c1-11-9-14(17)4-3-13(11)5-7-19-16(22)20-10-15-6-8-18-12(2)21-15/h3-4,6,8-9H,5,7,10H2,1-2H3,(H2,19,20,22). The van der Waals surface area contributed by atoms with Crippen molar-refractivity contribution in [2.45, 2.75) is 26.8 Å². The lowest BCUT2D eigenvalue weighted by atomic mass is 10.1. The van der Waals surface area contributed by atoms with Gasteiger partial charge in [-0.2, -0.15) is 0 Å². The highest BCUT2D eigenvalue weighted by molar-refractivity contribution is 5.73. The van der Waals surface area contributed by atoms with Crippen LogP contribution in [0.3, 0.4) is 0 Å². The van der Waals surface area contributed by atoms with E-state index in [2.05, 4.69) is 20.6 Å². The van der Waals surface area contributed by atoms with Crippen LogP contribution in [-0.2, 0) is 13.0 Å². The van der Waals surface area contributed by atoms with Gasteiger partial charge in [-0.05, 0) is 49.6 Å². The lowest BCUT2D eigenvalue weighted by Crippen LogP contribution is -2.36. The van der Waals surface area contributed by atoms with Crippen molar-refractivity contribution in [2.75, 3.05) is 6.54 Å². The first kappa shape index (κ1) is 15.9. The minimum Gasteiger partial charge on any atom is -0.338 e. The van der Waals surface area contributed by atoms with E-state index in [1.165, 1.54) is 12.1 Å². The number of hydrogen-bond acceptors (Lipinski definition) is 3. The zero-order valence-corrected chi connectivity index (χ0v) is 12.7. The summed E-state index contributed by atoms with van der Waals surface area (Å²) in [7, 11) is 0. The molecule has 2 amide bonds. The third-order valence-electron chi connectivity index (χ3n) is 3.25. The largest absolute Gasteiger partial charge is 0.338 e. The van der Waals surface area contributed by atoms with E-state index in [1.54, 1.807) is 25.3 Å². The van der Waals surface area contributed by atoms with E-state index in [9.17, 15) is 9.18 Å². The van der Waals surface area contributed by atoms with Crippen LogP contribution in [0.4, 0.5) is 9.18 Å². The number of nitrogens with zero attached hydrogens (tertiary/aromatic N) is 2. The van der Waals surface area contributed by atoms with Gasteiger partial charge >= 0.3 is 6.03 Å². The summed E-state index contributed by atoms with van der Waals surface area (Å²) in [5.41, 5.74) is 2.67. The number of urea groups is 1. The van der Waals surface area contributed by atoms with E-state index < -0.39 is 0 Å². The number of amides is 2. The molecule has 0 saturated carbocycles. The fourth-order valence-corrected chi connectivity index (χ4v) is 2.09. The summed E-state index contributed by atoms with van der Waals surface area (Å²) in [6.07, 6.45) is 2.32. The van der Waals surface area contributed by atoms with Gasteiger partial charge in [0.05, 0.1) is 12.2 Å². The number of rotatable bonds is 5. The van der Waals surface area contributed by atoms with Crippen molar-refractivity contribution < 1.29 is 9.18 Å². The van der Waals surface area contributed by atoms with E-state index in [-0.39, 0.29) is 11.8 Å². The maximum atomic E-state index is 13.0. The van der Waals surface area contributed by atoms with Gasteiger partial charge in [0.1, 0.15) is 11.6 Å². The molecular formula is C16H19FN4O. The highest BCUT2D eigenvalue weighted by atomic mass is 19.1. The SMILES string of the molecule is Cc1nccc(CNC(=O)NCCc2ccc(F)cc2C)n1. The van der Waals surface area contributed by atoms with E-state index in [0.29, 0.717) is 25.3 Å². The van der Waals surface area contributed by atoms with Crippen molar-refractivity contribution in [3.8, 4) is 0 Å². The summed E-state index contributed by atoms with van der Waals surface area (Å²) in [6.45, 7) is 4.50. The first-order chi connectivity index (χ1) is 10.5. The highest BCUT2D eigenvalue weighted by Crippen LogP contribution is 2.10. The molecule has 2 N–H and O–H groups in total. The minimum absolute atomic E-state index is 0.243. The molecule has 0 aliphatic heterocycles. The summed E-state index contributed by atoms with van der Waals surface area (Å²) in [5, 5.41) is 5.51. The predicted octanol–water partition coefficient (Wildman–Crippen LogP) is 2.27. The Balaban J connectivity index is 1.74. The molecule has 0 aliphatic carbocycles. The molecule has 1 aromatic carbocycles. The smallest absolute Gasteiger partial charge is 0.315 e. The first-order valence-corrected chi connectivity index (χ1v) is 7.10. The molecule has 0 fully saturated rings. The second kappa shape index (κ2) is 7.49. The van der Waals surface area contributed by atoms with E-state index in [1.807, 2.05) is 6.92 Å². The Morgan fingerprint density at radius 2 is 2.05 bits per heavy atom. The second-order valence-corrected chi connectivity index (χ2v) is 5.03. The van der Waals surface area contributed by atoms with Crippen molar-refractivity contribution in [3.63, 3.8) is 0 Å². The molecule has 1 aromatic heterocycles. The Labute approximate surface area is 129 Å². The fourth-order valence-electron chi connectivity index (χ4n) is 2.09. The maximum Gasteiger partial charge on any atom is 0.315 e. The number of hydrogen-bond donors (Lipinski definition) is 2. The average Bonchev–Trinajstić information content (AvgIpc) is 2.47. The van der Waals surface area contributed by atoms with Gasteiger partial charge in [-0.1, -0.05) is 6.07 Å². The molecular weight excluding hydrogens is 283 g/mol. The molecule has 6 heteroatoms. The van der Waals surface area contributed by atoms with Crippen molar-refractivity contribution in [3.05, 3.63) is 58.9 Å². The van der Waals surface area contributed by atoms with Crippen LogP contribution in [0.15, 0.2) is 30.5 Å². The molecule has 22 heavy (non-hydrogen) atoms. The Kier molecular flexibility index (Phi) is 5.41. The molecule has 5 nitrogen and oxygen atoms in total. The van der Waals surface area contributed by atoms with Gasteiger partial charge in [-0.25, -0.2) is 19.2 Å². The summed E-state index contributed by atoms with van der Waals surface area (Å²) in [6, 6.07) is 6.17. The topological polar surface area (TPSA) is 66.9 Å². The molecule has 0 spiro atoms. The summed E-state index contributed by atoms with van der Waals surface area (Å²) < 4.78 is 13.0. The fraction of sp³-hybridized carbons (Fsp3) is 0.312. The summed E-state index contributed by atoms with van der Waals surface area (Å²) in [5.74, 6) is 0.429. The van der Waals surface area contributed by atoms with Crippen molar-refractivity contribution >= 4 is 6.03 Å². The molecule has 2 aromatic rings. The third-order valence-corrected chi connectivity index (χ3v) is 3.25. The molecule has 2 rings (SSSR count). The monoisotopic (exact) mass is 302 g/mol. The number of aryl methyl sites for hydroxylation is 2. The summed E-state index contributed by atoms with van der Waals surface area (Å²) in [4.78, 5) is 19.9. The molecule has 0 radical (unpaired) electrons. The number of benzene rings is 1. The lowest BCUT2D eigenvalue weighted by Gasteiger charge is -2.09. The van der Waals surface area contributed by atoms with Gasteiger partial charge in [0.15, 0.2) is 0 Å². The number of carbonyl (C=O) groups is 1. The van der Waals surface area contributed by atoms with Crippen LogP contribution in [-0.4, -0.2) is 22.5 Å². The predicted molar refractivity (Wildman–Crippen MR) is 81.8 cm³/mol. The van der Waals surface area contributed by atoms with Crippen LogP contribution in [0.25, 0.3) is 0 Å². The highest BCUT2D eigenvalue weighted by Gasteiger charge is 2.03. The molecule has 0 atom stereocenters. The first-order valence-electron chi connectivity index (χ1n) is 7.10. The molecule has 0 saturated heterocycles. The number of carbonyl (C=O) groups excluding carboxylic acids is 1. The van der Waals surface area contributed by atoms with Crippen LogP contribution < -0.4 is 10.6 Å². The second-order valence-electron chi connectivity index (χ2n) is 5.03. The third kappa shape index (κ3) is 4.80. The van der Waals surface area contributed by atoms with Crippen molar-refractivity contribution in [1.82, 2.24) is 20.6 Å². The van der Waals surface area contributed by atoms with E-state index in [0.717, 1.165) is 16.8 Å².